The Balaban J connectivity index is 1.68. The summed E-state index contributed by atoms with van der Waals surface area (Å²) in [5.41, 5.74) is 2.44. The van der Waals surface area contributed by atoms with Crippen molar-refractivity contribution in [2.24, 2.45) is 0 Å². The number of amides is 2. The SMILES string of the molecule is COc1cc(NC(=O)C(C)Oc2ccc(C)cc2)ccc1N1CCCC1=O. The number of ether oxygens (including phenoxy) is 2. The van der Waals surface area contributed by atoms with Gasteiger partial charge in [0.1, 0.15) is 11.5 Å². The summed E-state index contributed by atoms with van der Waals surface area (Å²) in [6, 6.07) is 12.8. The maximum atomic E-state index is 12.4. The summed E-state index contributed by atoms with van der Waals surface area (Å²) in [6.45, 7) is 4.37. The van der Waals surface area contributed by atoms with E-state index in [1.165, 1.54) is 0 Å². The van der Waals surface area contributed by atoms with Gasteiger partial charge in [0, 0.05) is 24.7 Å². The average Bonchev–Trinajstić information content (AvgIpc) is 3.09. The van der Waals surface area contributed by atoms with Gasteiger partial charge in [0.15, 0.2) is 6.10 Å². The van der Waals surface area contributed by atoms with Crippen LogP contribution >= 0.6 is 0 Å². The van der Waals surface area contributed by atoms with Crippen LogP contribution in [0.15, 0.2) is 42.5 Å². The number of hydrogen-bond acceptors (Lipinski definition) is 4. The molecule has 1 aliphatic rings. The first-order valence-corrected chi connectivity index (χ1v) is 9.00. The molecule has 1 aliphatic heterocycles. The summed E-state index contributed by atoms with van der Waals surface area (Å²) in [4.78, 5) is 26.1. The second-order valence-electron chi connectivity index (χ2n) is 6.60. The lowest BCUT2D eigenvalue weighted by atomic mass is 10.2. The Kier molecular flexibility index (Phi) is 5.64. The number of nitrogens with zero attached hydrogens (tertiary/aromatic N) is 1. The second kappa shape index (κ2) is 8.12. The van der Waals surface area contributed by atoms with Crippen LogP contribution < -0.4 is 19.7 Å². The highest BCUT2D eigenvalue weighted by Gasteiger charge is 2.25. The number of benzene rings is 2. The maximum absolute atomic E-state index is 12.4. The molecule has 2 aromatic rings. The molecule has 142 valence electrons. The van der Waals surface area contributed by atoms with E-state index in [9.17, 15) is 9.59 Å². The molecule has 1 heterocycles. The summed E-state index contributed by atoms with van der Waals surface area (Å²) in [6.07, 6.45) is 0.739. The van der Waals surface area contributed by atoms with Crippen molar-refractivity contribution in [3.05, 3.63) is 48.0 Å². The number of nitrogens with one attached hydrogen (secondary N) is 1. The third kappa shape index (κ3) is 4.39. The predicted molar refractivity (Wildman–Crippen MR) is 104 cm³/mol. The molecule has 1 unspecified atom stereocenters. The van der Waals surface area contributed by atoms with Crippen LogP contribution in [0.1, 0.15) is 25.3 Å². The van der Waals surface area contributed by atoms with Crippen LogP contribution in [0, 0.1) is 6.92 Å². The van der Waals surface area contributed by atoms with Gasteiger partial charge in [-0.3, -0.25) is 9.59 Å². The Bertz CT molecular complexity index is 833. The average molecular weight is 368 g/mol. The molecule has 0 aliphatic carbocycles. The highest BCUT2D eigenvalue weighted by Crippen LogP contribution is 2.33. The first-order valence-electron chi connectivity index (χ1n) is 9.00. The van der Waals surface area contributed by atoms with Gasteiger partial charge >= 0.3 is 0 Å². The van der Waals surface area contributed by atoms with Crippen molar-refractivity contribution in [3.8, 4) is 11.5 Å². The van der Waals surface area contributed by atoms with Gasteiger partial charge in [-0.15, -0.1) is 0 Å². The van der Waals surface area contributed by atoms with Crippen LogP contribution in [0.2, 0.25) is 0 Å². The smallest absolute Gasteiger partial charge is 0.265 e. The summed E-state index contributed by atoms with van der Waals surface area (Å²) in [7, 11) is 1.55. The van der Waals surface area contributed by atoms with Crippen molar-refractivity contribution >= 4 is 23.2 Å². The van der Waals surface area contributed by atoms with E-state index in [2.05, 4.69) is 5.32 Å². The van der Waals surface area contributed by atoms with Crippen LogP contribution in [0.3, 0.4) is 0 Å². The van der Waals surface area contributed by atoms with Gasteiger partial charge in [0.25, 0.3) is 5.91 Å². The fourth-order valence-electron chi connectivity index (χ4n) is 3.00. The Morgan fingerprint density at radius 1 is 1.19 bits per heavy atom. The van der Waals surface area contributed by atoms with Crippen molar-refractivity contribution in [1.29, 1.82) is 0 Å². The number of carbonyl (C=O) groups is 2. The number of rotatable bonds is 6. The molecule has 1 fully saturated rings. The highest BCUT2D eigenvalue weighted by molar-refractivity contribution is 5.98. The van der Waals surface area contributed by atoms with E-state index in [-0.39, 0.29) is 11.8 Å². The molecule has 6 heteroatoms. The first kappa shape index (κ1) is 18.8. The number of methoxy groups -OCH3 is 1. The summed E-state index contributed by atoms with van der Waals surface area (Å²) < 4.78 is 11.1. The van der Waals surface area contributed by atoms with Gasteiger partial charge in [-0.2, -0.15) is 0 Å². The lowest BCUT2D eigenvalue weighted by Gasteiger charge is -2.20. The molecule has 3 rings (SSSR count). The molecule has 0 radical (unpaired) electrons. The van der Waals surface area contributed by atoms with Crippen LogP contribution in [-0.4, -0.2) is 31.6 Å². The molecule has 0 bridgehead atoms. The highest BCUT2D eigenvalue weighted by atomic mass is 16.5. The second-order valence-corrected chi connectivity index (χ2v) is 6.60. The van der Waals surface area contributed by atoms with E-state index in [1.807, 2.05) is 31.2 Å². The maximum Gasteiger partial charge on any atom is 0.265 e. The minimum Gasteiger partial charge on any atom is -0.494 e. The molecular formula is C21H24N2O4. The van der Waals surface area contributed by atoms with Crippen molar-refractivity contribution in [2.45, 2.75) is 32.8 Å². The first-order chi connectivity index (χ1) is 13.0. The Hall–Kier alpha value is -3.02. The topological polar surface area (TPSA) is 67.9 Å². The van der Waals surface area contributed by atoms with Crippen LogP contribution in [-0.2, 0) is 9.59 Å². The fraction of sp³-hybridized carbons (Fsp3) is 0.333. The number of aryl methyl sites for hydroxylation is 1. The van der Waals surface area contributed by atoms with Gasteiger partial charge < -0.3 is 19.7 Å². The van der Waals surface area contributed by atoms with E-state index < -0.39 is 6.10 Å². The van der Waals surface area contributed by atoms with E-state index in [0.29, 0.717) is 30.2 Å². The van der Waals surface area contributed by atoms with Gasteiger partial charge in [0.2, 0.25) is 5.91 Å². The van der Waals surface area contributed by atoms with Crippen LogP contribution in [0.5, 0.6) is 11.5 Å². The quantitative estimate of drug-likeness (QED) is 0.847. The molecule has 0 spiro atoms. The summed E-state index contributed by atoms with van der Waals surface area (Å²) in [5, 5.41) is 2.83. The van der Waals surface area contributed by atoms with Crippen LogP contribution in [0.4, 0.5) is 11.4 Å². The van der Waals surface area contributed by atoms with Gasteiger partial charge in [0.05, 0.1) is 12.8 Å². The minimum absolute atomic E-state index is 0.0882. The molecule has 0 aromatic heterocycles. The van der Waals surface area contributed by atoms with Crippen molar-refractivity contribution in [2.75, 3.05) is 23.9 Å². The summed E-state index contributed by atoms with van der Waals surface area (Å²) in [5.74, 6) is 1.02. The molecule has 2 aromatic carbocycles. The zero-order valence-corrected chi connectivity index (χ0v) is 15.8. The number of anilines is 2. The molecule has 1 N–H and O–H groups in total. The molecule has 1 atom stereocenters. The molecule has 0 saturated carbocycles. The zero-order chi connectivity index (χ0) is 19.4. The molecule has 1 saturated heterocycles. The van der Waals surface area contributed by atoms with Gasteiger partial charge in [-0.05, 0) is 44.5 Å². The largest absolute Gasteiger partial charge is 0.494 e. The van der Waals surface area contributed by atoms with Crippen molar-refractivity contribution in [3.63, 3.8) is 0 Å². The molecule has 6 nitrogen and oxygen atoms in total. The molecule has 2 amide bonds. The minimum atomic E-state index is -0.654. The lowest BCUT2D eigenvalue weighted by molar-refractivity contribution is -0.122. The van der Waals surface area contributed by atoms with Gasteiger partial charge in [-0.1, -0.05) is 17.7 Å². The van der Waals surface area contributed by atoms with E-state index in [1.54, 1.807) is 37.1 Å². The number of carbonyl (C=O) groups excluding carboxylic acids is 2. The predicted octanol–water partition coefficient (Wildman–Crippen LogP) is 3.54. The van der Waals surface area contributed by atoms with E-state index >= 15 is 0 Å². The lowest BCUT2D eigenvalue weighted by Crippen LogP contribution is -2.30. The Morgan fingerprint density at radius 2 is 1.93 bits per heavy atom. The summed E-state index contributed by atoms with van der Waals surface area (Å²) >= 11 is 0. The zero-order valence-electron chi connectivity index (χ0n) is 15.8. The Labute approximate surface area is 159 Å². The van der Waals surface area contributed by atoms with E-state index in [4.69, 9.17) is 9.47 Å². The van der Waals surface area contributed by atoms with Crippen molar-refractivity contribution in [1.82, 2.24) is 0 Å². The standard InChI is InChI=1S/C21H24N2O4/c1-14-6-9-17(10-7-14)27-15(2)21(25)22-16-8-11-18(19(13-16)26-3)23-12-4-5-20(23)24/h6-11,13,15H,4-5,12H2,1-3H3,(H,22,25). The van der Waals surface area contributed by atoms with Crippen molar-refractivity contribution < 1.29 is 19.1 Å². The fourth-order valence-corrected chi connectivity index (χ4v) is 3.00. The number of hydrogen-bond donors (Lipinski definition) is 1. The normalized spacial score (nSPS) is 14.8. The third-order valence-corrected chi connectivity index (χ3v) is 4.51. The Morgan fingerprint density at radius 3 is 2.56 bits per heavy atom. The monoisotopic (exact) mass is 368 g/mol. The molecule has 27 heavy (non-hydrogen) atoms. The van der Waals surface area contributed by atoms with Gasteiger partial charge in [-0.25, -0.2) is 0 Å². The molecular weight excluding hydrogens is 344 g/mol. The van der Waals surface area contributed by atoms with Crippen LogP contribution in [0.25, 0.3) is 0 Å². The van der Waals surface area contributed by atoms with E-state index in [0.717, 1.165) is 17.7 Å². The third-order valence-electron chi connectivity index (χ3n) is 4.51.